The van der Waals surface area contributed by atoms with Crippen molar-refractivity contribution in [2.45, 2.75) is 0 Å². The minimum absolute atomic E-state index is 0.678. The lowest BCUT2D eigenvalue weighted by molar-refractivity contribution is 1.22. The third-order valence-electron chi connectivity index (χ3n) is 4.88. The van der Waals surface area contributed by atoms with Crippen molar-refractivity contribution < 1.29 is 0 Å². The molecule has 0 saturated heterocycles. The third-order valence-corrected chi connectivity index (χ3v) is 5.88. The summed E-state index contributed by atoms with van der Waals surface area (Å²) in [6, 6.07) is 20.2. The SMILES string of the molecule is c1ccc2c(c1)ccc1cnc(-c3ccnc(-c4nc5cccnc5s4)c3)nc12. The number of pyridine rings is 2. The first kappa shape index (κ1) is 16.2. The summed E-state index contributed by atoms with van der Waals surface area (Å²) in [6.07, 6.45) is 5.44. The predicted molar refractivity (Wildman–Crippen MR) is 117 cm³/mol. The second kappa shape index (κ2) is 6.39. The number of rotatable bonds is 2. The molecule has 6 aromatic rings. The first-order chi connectivity index (χ1) is 14.3. The van der Waals surface area contributed by atoms with Crippen molar-refractivity contribution in [3.05, 3.63) is 79.3 Å². The summed E-state index contributed by atoms with van der Waals surface area (Å²) in [5.74, 6) is 0.678. The van der Waals surface area contributed by atoms with Gasteiger partial charge in [0.15, 0.2) is 5.82 Å². The van der Waals surface area contributed by atoms with Gasteiger partial charge in [-0.15, -0.1) is 0 Å². The maximum Gasteiger partial charge on any atom is 0.159 e. The highest BCUT2D eigenvalue weighted by Gasteiger charge is 2.11. The molecular weight excluding hydrogens is 378 g/mol. The van der Waals surface area contributed by atoms with Gasteiger partial charge in [0.25, 0.3) is 0 Å². The Morgan fingerprint density at radius 2 is 1.66 bits per heavy atom. The maximum absolute atomic E-state index is 4.88. The molecule has 0 saturated carbocycles. The van der Waals surface area contributed by atoms with Crippen molar-refractivity contribution in [1.82, 2.24) is 24.9 Å². The molecule has 6 rings (SSSR count). The van der Waals surface area contributed by atoms with E-state index in [1.165, 1.54) is 16.7 Å². The Morgan fingerprint density at radius 1 is 0.724 bits per heavy atom. The summed E-state index contributed by atoms with van der Waals surface area (Å²) in [6.45, 7) is 0. The molecule has 2 aromatic carbocycles. The number of thiazole rings is 1. The van der Waals surface area contributed by atoms with Gasteiger partial charge in [-0.3, -0.25) is 4.98 Å². The van der Waals surface area contributed by atoms with Gasteiger partial charge in [0.05, 0.1) is 11.2 Å². The van der Waals surface area contributed by atoms with E-state index in [0.29, 0.717) is 5.82 Å². The van der Waals surface area contributed by atoms with Crippen LogP contribution in [-0.2, 0) is 0 Å². The van der Waals surface area contributed by atoms with Crippen molar-refractivity contribution in [2.75, 3.05) is 0 Å². The first-order valence-electron chi connectivity index (χ1n) is 9.18. The standard InChI is InChI=1S/C23H13N5S/c1-2-5-17-14(4-1)7-8-16-13-26-21(28-20(16)17)15-9-11-24-19(12-15)23-27-18-6-3-10-25-22(18)29-23/h1-13H. The number of aromatic nitrogens is 5. The van der Waals surface area contributed by atoms with Crippen LogP contribution in [0.3, 0.4) is 0 Å². The van der Waals surface area contributed by atoms with Gasteiger partial charge in [0.2, 0.25) is 0 Å². The predicted octanol–water partition coefficient (Wildman–Crippen LogP) is 5.52. The number of benzene rings is 2. The molecule has 0 bridgehead atoms. The molecule has 29 heavy (non-hydrogen) atoms. The van der Waals surface area contributed by atoms with Crippen LogP contribution in [0.25, 0.3) is 54.1 Å². The Labute approximate surface area is 169 Å². The van der Waals surface area contributed by atoms with Crippen LogP contribution in [0.5, 0.6) is 0 Å². The normalized spacial score (nSPS) is 11.4. The molecule has 5 nitrogen and oxygen atoms in total. The summed E-state index contributed by atoms with van der Waals surface area (Å²) in [5.41, 5.74) is 3.55. The van der Waals surface area contributed by atoms with Gasteiger partial charge in [-0.05, 0) is 29.7 Å². The average molecular weight is 391 g/mol. The Kier molecular flexibility index (Phi) is 3.57. The second-order valence-corrected chi connectivity index (χ2v) is 7.67. The smallest absolute Gasteiger partial charge is 0.159 e. The van der Waals surface area contributed by atoms with E-state index in [1.807, 2.05) is 42.6 Å². The topological polar surface area (TPSA) is 64.5 Å². The van der Waals surface area contributed by atoms with Gasteiger partial charge >= 0.3 is 0 Å². The molecule has 0 spiro atoms. The van der Waals surface area contributed by atoms with Gasteiger partial charge in [0, 0.05) is 34.9 Å². The van der Waals surface area contributed by atoms with E-state index in [9.17, 15) is 0 Å². The molecular formula is C23H13N5S. The molecule has 0 N–H and O–H groups in total. The Balaban J connectivity index is 1.50. The third kappa shape index (κ3) is 2.73. The summed E-state index contributed by atoms with van der Waals surface area (Å²) in [5, 5.41) is 4.16. The van der Waals surface area contributed by atoms with Crippen LogP contribution in [0.2, 0.25) is 0 Å². The quantitative estimate of drug-likeness (QED) is 0.364. The summed E-state index contributed by atoms with van der Waals surface area (Å²) < 4.78 is 0. The number of nitrogens with zero attached hydrogens (tertiary/aromatic N) is 5. The fourth-order valence-electron chi connectivity index (χ4n) is 3.47. The lowest BCUT2D eigenvalue weighted by Gasteiger charge is -2.06. The lowest BCUT2D eigenvalue weighted by atomic mass is 10.1. The molecule has 0 unspecified atom stereocenters. The monoisotopic (exact) mass is 391 g/mol. The van der Waals surface area contributed by atoms with Crippen molar-refractivity contribution in [2.24, 2.45) is 0 Å². The maximum atomic E-state index is 4.88. The van der Waals surface area contributed by atoms with Crippen LogP contribution >= 0.6 is 11.3 Å². The molecule has 0 fully saturated rings. The van der Waals surface area contributed by atoms with E-state index in [4.69, 9.17) is 4.98 Å². The molecule has 0 aliphatic carbocycles. The molecule has 0 aliphatic rings. The van der Waals surface area contributed by atoms with E-state index in [2.05, 4.69) is 44.2 Å². The second-order valence-electron chi connectivity index (χ2n) is 6.69. The highest BCUT2D eigenvalue weighted by atomic mass is 32.1. The highest BCUT2D eigenvalue weighted by Crippen LogP contribution is 2.30. The van der Waals surface area contributed by atoms with Crippen LogP contribution in [0.1, 0.15) is 0 Å². The zero-order valence-electron chi connectivity index (χ0n) is 15.1. The number of hydrogen-bond donors (Lipinski definition) is 0. The fraction of sp³-hybridized carbons (Fsp3) is 0. The van der Waals surface area contributed by atoms with Gasteiger partial charge in [-0.2, -0.15) is 0 Å². The molecule has 0 amide bonds. The van der Waals surface area contributed by atoms with E-state index < -0.39 is 0 Å². The molecule has 4 aromatic heterocycles. The van der Waals surface area contributed by atoms with Gasteiger partial charge in [0.1, 0.15) is 15.4 Å². The van der Waals surface area contributed by atoms with E-state index in [-0.39, 0.29) is 0 Å². The molecule has 4 heterocycles. The first-order valence-corrected chi connectivity index (χ1v) is 10.00. The van der Waals surface area contributed by atoms with Crippen LogP contribution in [0.15, 0.2) is 79.3 Å². The van der Waals surface area contributed by atoms with Crippen LogP contribution in [0, 0.1) is 0 Å². The summed E-state index contributed by atoms with van der Waals surface area (Å²) in [7, 11) is 0. The van der Waals surface area contributed by atoms with E-state index >= 15 is 0 Å². The molecule has 136 valence electrons. The average Bonchev–Trinajstić information content (AvgIpc) is 3.23. The largest absolute Gasteiger partial charge is 0.254 e. The van der Waals surface area contributed by atoms with Gasteiger partial charge < -0.3 is 0 Å². The Bertz CT molecular complexity index is 1490. The molecule has 6 heteroatoms. The highest BCUT2D eigenvalue weighted by molar-refractivity contribution is 7.21. The molecule has 0 radical (unpaired) electrons. The van der Waals surface area contributed by atoms with Crippen LogP contribution in [-0.4, -0.2) is 24.9 Å². The minimum atomic E-state index is 0.678. The zero-order chi connectivity index (χ0) is 19.2. The van der Waals surface area contributed by atoms with E-state index in [0.717, 1.165) is 42.9 Å². The minimum Gasteiger partial charge on any atom is -0.254 e. The Hall–Kier alpha value is -3.77. The fourth-order valence-corrected chi connectivity index (χ4v) is 4.35. The van der Waals surface area contributed by atoms with Crippen LogP contribution in [0.4, 0.5) is 0 Å². The number of hydrogen-bond acceptors (Lipinski definition) is 6. The van der Waals surface area contributed by atoms with E-state index in [1.54, 1.807) is 12.4 Å². The van der Waals surface area contributed by atoms with Gasteiger partial charge in [-0.1, -0.05) is 47.7 Å². The van der Waals surface area contributed by atoms with Crippen molar-refractivity contribution in [1.29, 1.82) is 0 Å². The number of fused-ring (bicyclic) bond motifs is 4. The zero-order valence-corrected chi connectivity index (χ0v) is 16.0. The van der Waals surface area contributed by atoms with Gasteiger partial charge in [-0.25, -0.2) is 19.9 Å². The molecule has 0 atom stereocenters. The lowest BCUT2D eigenvalue weighted by Crippen LogP contribution is -1.92. The van der Waals surface area contributed by atoms with Crippen molar-refractivity contribution in [3.63, 3.8) is 0 Å². The summed E-state index contributed by atoms with van der Waals surface area (Å²) >= 11 is 1.53. The summed E-state index contributed by atoms with van der Waals surface area (Å²) in [4.78, 5) is 23.9. The van der Waals surface area contributed by atoms with Crippen LogP contribution < -0.4 is 0 Å². The molecule has 0 aliphatic heterocycles. The van der Waals surface area contributed by atoms with Crippen molar-refractivity contribution >= 4 is 43.4 Å². The van der Waals surface area contributed by atoms with Crippen molar-refractivity contribution in [3.8, 4) is 22.1 Å². The Morgan fingerprint density at radius 3 is 2.62 bits per heavy atom.